The van der Waals surface area contributed by atoms with Crippen LogP contribution in [0.15, 0.2) is 35.7 Å². The zero-order valence-electron chi connectivity index (χ0n) is 11.0. The second-order valence-electron chi connectivity index (χ2n) is 4.26. The Balaban J connectivity index is 2.34. The van der Waals surface area contributed by atoms with Crippen molar-refractivity contribution in [1.29, 1.82) is 5.26 Å². The number of anilines is 1. The maximum atomic E-state index is 12.6. The van der Waals surface area contributed by atoms with E-state index in [1.54, 1.807) is 4.90 Å². The maximum Gasteiger partial charge on any atom is 0.269 e. The topological polar surface area (TPSA) is 44.1 Å². The van der Waals surface area contributed by atoms with Gasteiger partial charge in [-0.2, -0.15) is 5.26 Å². The SMILES string of the molecule is Cc1csc(C(=O)N(CCC#N)c2ccccc2)c1Cl. The Bertz CT molecular complexity index is 646. The summed E-state index contributed by atoms with van der Waals surface area (Å²) in [6, 6.07) is 11.4. The molecule has 5 heteroatoms. The van der Waals surface area contributed by atoms with Crippen molar-refractivity contribution in [2.75, 3.05) is 11.4 Å². The number of nitriles is 1. The number of amides is 1. The summed E-state index contributed by atoms with van der Waals surface area (Å²) in [6.07, 6.45) is 0.280. The van der Waals surface area contributed by atoms with Gasteiger partial charge in [-0.25, -0.2) is 0 Å². The average Bonchev–Trinajstić information content (AvgIpc) is 2.80. The monoisotopic (exact) mass is 304 g/mol. The van der Waals surface area contributed by atoms with E-state index >= 15 is 0 Å². The van der Waals surface area contributed by atoms with Gasteiger partial charge in [0.15, 0.2) is 0 Å². The number of hydrogen-bond donors (Lipinski definition) is 0. The Morgan fingerprint density at radius 2 is 2.10 bits per heavy atom. The molecule has 0 bridgehead atoms. The van der Waals surface area contributed by atoms with Crippen molar-refractivity contribution in [3.63, 3.8) is 0 Å². The number of hydrogen-bond acceptors (Lipinski definition) is 3. The van der Waals surface area contributed by atoms with Gasteiger partial charge in [0.05, 0.1) is 17.5 Å². The summed E-state index contributed by atoms with van der Waals surface area (Å²) in [5.41, 5.74) is 1.67. The van der Waals surface area contributed by atoms with E-state index in [1.165, 1.54) is 11.3 Å². The van der Waals surface area contributed by atoms with Gasteiger partial charge in [-0.05, 0) is 30.0 Å². The van der Waals surface area contributed by atoms with Crippen molar-refractivity contribution in [2.45, 2.75) is 13.3 Å². The molecule has 0 saturated carbocycles. The Kier molecular flexibility index (Phi) is 4.78. The molecule has 0 spiro atoms. The van der Waals surface area contributed by atoms with Gasteiger partial charge in [0, 0.05) is 12.2 Å². The molecule has 0 aliphatic rings. The molecule has 0 saturated heterocycles. The second-order valence-corrected chi connectivity index (χ2v) is 5.52. The van der Waals surface area contributed by atoms with E-state index in [9.17, 15) is 4.79 Å². The molecule has 20 heavy (non-hydrogen) atoms. The first-order valence-electron chi connectivity index (χ1n) is 6.12. The van der Waals surface area contributed by atoms with Crippen LogP contribution in [0, 0.1) is 18.3 Å². The van der Waals surface area contributed by atoms with E-state index < -0.39 is 0 Å². The predicted molar refractivity (Wildman–Crippen MR) is 82.4 cm³/mol. The van der Waals surface area contributed by atoms with E-state index in [-0.39, 0.29) is 12.3 Å². The van der Waals surface area contributed by atoms with Gasteiger partial charge in [-0.3, -0.25) is 4.79 Å². The summed E-state index contributed by atoms with van der Waals surface area (Å²) < 4.78 is 0. The first-order chi connectivity index (χ1) is 9.65. The lowest BCUT2D eigenvalue weighted by atomic mass is 10.2. The number of rotatable bonds is 4. The molecule has 0 atom stereocenters. The van der Waals surface area contributed by atoms with Crippen molar-refractivity contribution in [3.8, 4) is 6.07 Å². The molecule has 1 amide bonds. The molecule has 0 N–H and O–H groups in total. The number of thiophene rings is 1. The number of carbonyl (C=O) groups excluding carboxylic acids is 1. The van der Waals surface area contributed by atoms with Gasteiger partial charge in [0.1, 0.15) is 4.88 Å². The summed E-state index contributed by atoms with van der Waals surface area (Å²) in [5.74, 6) is -0.158. The largest absolute Gasteiger partial charge is 0.307 e. The van der Waals surface area contributed by atoms with Crippen LogP contribution >= 0.6 is 22.9 Å². The van der Waals surface area contributed by atoms with E-state index in [1.807, 2.05) is 42.6 Å². The van der Waals surface area contributed by atoms with Crippen LogP contribution in [-0.2, 0) is 0 Å². The lowest BCUT2D eigenvalue weighted by molar-refractivity contribution is 0.0991. The number of para-hydroxylation sites is 1. The molecule has 3 nitrogen and oxygen atoms in total. The number of benzene rings is 1. The molecule has 1 aromatic carbocycles. The fourth-order valence-corrected chi connectivity index (χ4v) is 3.04. The highest BCUT2D eigenvalue weighted by Crippen LogP contribution is 2.29. The van der Waals surface area contributed by atoms with Gasteiger partial charge in [-0.1, -0.05) is 29.8 Å². The maximum absolute atomic E-state index is 12.6. The molecule has 0 fully saturated rings. The van der Waals surface area contributed by atoms with E-state index in [0.717, 1.165) is 11.3 Å². The van der Waals surface area contributed by atoms with Crippen LogP contribution in [0.25, 0.3) is 0 Å². The fraction of sp³-hybridized carbons (Fsp3) is 0.200. The molecule has 1 heterocycles. The smallest absolute Gasteiger partial charge is 0.269 e. The molecule has 2 rings (SSSR count). The van der Waals surface area contributed by atoms with Crippen molar-refractivity contribution >= 4 is 34.5 Å². The standard InChI is InChI=1S/C15H13ClN2OS/c1-11-10-20-14(13(11)16)15(19)18(9-5-8-17)12-6-3-2-4-7-12/h2-4,6-7,10H,5,9H2,1H3. The third-order valence-corrected chi connectivity index (χ3v) is 4.54. The molecule has 0 unspecified atom stereocenters. The van der Waals surface area contributed by atoms with Crippen LogP contribution < -0.4 is 4.90 Å². The first kappa shape index (κ1) is 14.6. The van der Waals surface area contributed by atoms with Crippen molar-refractivity contribution in [1.82, 2.24) is 0 Å². The zero-order valence-corrected chi connectivity index (χ0v) is 12.5. The summed E-state index contributed by atoms with van der Waals surface area (Å²) in [6.45, 7) is 2.23. The summed E-state index contributed by atoms with van der Waals surface area (Å²) in [4.78, 5) is 14.7. The van der Waals surface area contributed by atoms with Gasteiger partial charge in [0.25, 0.3) is 5.91 Å². The Hall–Kier alpha value is -1.83. The molecule has 1 aromatic heterocycles. The number of nitrogens with zero attached hydrogens (tertiary/aromatic N) is 2. The molecule has 2 aromatic rings. The van der Waals surface area contributed by atoms with Crippen molar-refractivity contribution < 1.29 is 4.79 Å². The molecule has 0 radical (unpaired) electrons. The van der Waals surface area contributed by atoms with Crippen LogP contribution in [0.3, 0.4) is 0 Å². The first-order valence-corrected chi connectivity index (χ1v) is 7.38. The van der Waals surface area contributed by atoms with Crippen molar-refractivity contribution in [3.05, 3.63) is 51.2 Å². The average molecular weight is 305 g/mol. The van der Waals surface area contributed by atoms with Crippen LogP contribution in [0.5, 0.6) is 0 Å². The predicted octanol–water partition coefficient (Wildman–Crippen LogP) is 4.27. The second kappa shape index (κ2) is 6.56. The highest BCUT2D eigenvalue weighted by atomic mass is 35.5. The van der Waals surface area contributed by atoms with E-state index in [4.69, 9.17) is 16.9 Å². The highest BCUT2D eigenvalue weighted by molar-refractivity contribution is 7.13. The van der Waals surface area contributed by atoms with Gasteiger partial charge < -0.3 is 4.90 Å². The van der Waals surface area contributed by atoms with Gasteiger partial charge in [-0.15, -0.1) is 11.3 Å². The number of aryl methyl sites for hydroxylation is 1. The number of carbonyl (C=O) groups is 1. The van der Waals surface area contributed by atoms with Crippen molar-refractivity contribution in [2.24, 2.45) is 0 Å². The normalized spacial score (nSPS) is 10.1. The minimum Gasteiger partial charge on any atom is -0.307 e. The van der Waals surface area contributed by atoms with Crippen LogP contribution in [-0.4, -0.2) is 12.5 Å². The molecule has 0 aliphatic carbocycles. The van der Waals surface area contributed by atoms with Gasteiger partial charge >= 0.3 is 0 Å². The summed E-state index contributed by atoms with van der Waals surface area (Å²) in [7, 11) is 0. The minimum absolute atomic E-state index is 0.158. The Morgan fingerprint density at radius 1 is 1.40 bits per heavy atom. The summed E-state index contributed by atoms with van der Waals surface area (Å²) in [5, 5.41) is 11.1. The third kappa shape index (κ3) is 3.01. The molecular weight excluding hydrogens is 292 g/mol. The lowest BCUT2D eigenvalue weighted by Gasteiger charge is -2.21. The van der Waals surface area contributed by atoms with Gasteiger partial charge in [0.2, 0.25) is 0 Å². The van der Waals surface area contributed by atoms with E-state index in [2.05, 4.69) is 6.07 Å². The zero-order chi connectivity index (χ0) is 14.5. The van der Waals surface area contributed by atoms with Crippen LogP contribution in [0.4, 0.5) is 5.69 Å². The molecule has 0 aliphatic heterocycles. The Labute approximate surface area is 127 Å². The quantitative estimate of drug-likeness (QED) is 0.846. The van der Waals surface area contributed by atoms with Crippen LogP contribution in [0.1, 0.15) is 21.7 Å². The fourth-order valence-electron chi connectivity index (χ4n) is 1.81. The number of halogens is 1. The van der Waals surface area contributed by atoms with Crippen LogP contribution in [0.2, 0.25) is 5.02 Å². The Morgan fingerprint density at radius 3 is 2.65 bits per heavy atom. The highest BCUT2D eigenvalue weighted by Gasteiger charge is 2.22. The molecule has 102 valence electrons. The minimum atomic E-state index is -0.158. The van der Waals surface area contributed by atoms with E-state index in [0.29, 0.717) is 16.4 Å². The third-order valence-electron chi connectivity index (χ3n) is 2.85. The lowest BCUT2D eigenvalue weighted by Crippen LogP contribution is -2.31. The molecular formula is C15H13ClN2OS. The summed E-state index contributed by atoms with van der Waals surface area (Å²) >= 11 is 7.50.